The summed E-state index contributed by atoms with van der Waals surface area (Å²) in [5.74, 6) is 1.28. The summed E-state index contributed by atoms with van der Waals surface area (Å²) in [5, 5.41) is 0. The van der Waals surface area contributed by atoms with Gasteiger partial charge in [-0.25, -0.2) is 0 Å². The van der Waals surface area contributed by atoms with Gasteiger partial charge < -0.3 is 9.47 Å². The molecule has 2 aliphatic rings. The number of hydrogen-bond acceptors (Lipinski definition) is 2. The van der Waals surface area contributed by atoms with Crippen LogP contribution in [0.5, 0.6) is 0 Å². The fourth-order valence-corrected chi connectivity index (χ4v) is 5.03. The Morgan fingerprint density at radius 2 is 1.96 bits per heavy atom. The molecule has 0 unspecified atom stereocenters. The van der Waals surface area contributed by atoms with Crippen LogP contribution in [0, 0.1) is 11.8 Å². The fraction of sp³-hybridized carbons (Fsp3) is 0.538. The first-order valence-electron chi connectivity index (χ1n) is 10.7. The summed E-state index contributed by atoms with van der Waals surface area (Å²) < 4.78 is 12.0. The van der Waals surface area contributed by atoms with Crippen molar-refractivity contribution >= 4 is 0 Å². The first-order valence-corrected chi connectivity index (χ1v) is 10.7. The van der Waals surface area contributed by atoms with Crippen LogP contribution in [0.25, 0.3) is 0 Å². The molecule has 3 atom stereocenters. The second-order valence-electron chi connectivity index (χ2n) is 8.85. The first kappa shape index (κ1) is 21.1. The quantitative estimate of drug-likeness (QED) is 0.494. The zero-order valence-electron chi connectivity index (χ0n) is 18.1. The summed E-state index contributed by atoms with van der Waals surface area (Å²) in [6, 6.07) is 10.5. The Morgan fingerprint density at radius 3 is 2.64 bits per heavy atom. The molecule has 0 aromatic heterocycles. The minimum atomic E-state index is -0.257. The van der Waals surface area contributed by atoms with Crippen molar-refractivity contribution in [1.29, 1.82) is 0 Å². The van der Waals surface area contributed by atoms with Gasteiger partial charge in [0.2, 0.25) is 0 Å². The molecule has 0 N–H and O–H groups in total. The highest BCUT2D eigenvalue weighted by molar-refractivity contribution is 5.47. The molecule has 152 valence electrons. The van der Waals surface area contributed by atoms with Crippen LogP contribution in [0.3, 0.4) is 0 Å². The van der Waals surface area contributed by atoms with E-state index in [2.05, 4.69) is 63.8 Å². The summed E-state index contributed by atoms with van der Waals surface area (Å²) >= 11 is 0. The maximum atomic E-state index is 6.60. The molecule has 0 spiro atoms. The zero-order valence-corrected chi connectivity index (χ0v) is 18.1. The minimum absolute atomic E-state index is 0.257. The van der Waals surface area contributed by atoms with Crippen LogP contribution in [0.4, 0.5) is 0 Å². The molecule has 2 nitrogen and oxygen atoms in total. The van der Waals surface area contributed by atoms with Gasteiger partial charge in [-0.2, -0.15) is 0 Å². The van der Waals surface area contributed by atoms with Crippen molar-refractivity contribution in [1.82, 2.24) is 0 Å². The summed E-state index contributed by atoms with van der Waals surface area (Å²) in [5.41, 5.74) is 6.72. The van der Waals surface area contributed by atoms with E-state index in [0.29, 0.717) is 25.0 Å². The molecular formula is C26H36O2. The topological polar surface area (TPSA) is 18.5 Å². The highest BCUT2D eigenvalue weighted by Crippen LogP contribution is 2.50. The van der Waals surface area contributed by atoms with E-state index in [4.69, 9.17) is 9.47 Å². The average Bonchev–Trinajstić information content (AvgIpc) is 2.68. The average molecular weight is 381 g/mol. The molecule has 3 rings (SSSR count). The van der Waals surface area contributed by atoms with Crippen LogP contribution >= 0.6 is 0 Å². The van der Waals surface area contributed by atoms with Crippen molar-refractivity contribution < 1.29 is 9.47 Å². The van der Waals surface area contributed by atoms with Crippen molar-refractivity contribution in [3.8, 4) is 0 Å². The predicted octanol–water partition coefficient (Wildman–Crippen LogP) is 6.64. The standard InChI is InChI=1S/C26H36O2/c1-19(2)17-23-12-11-22-13-15-26(4,28-18-21-9-7-6-8-10-21)24(14-16-27-5)25(22)20(23)3/h6-10,14,22-23H,1,11-13,15-18H2,2-5H3/b24-14+/t22-,23+,26-/m0/s1. The van der Waals surface area contributed by atoms with Crippen molar-refractivity contribution in [2.75, 3.05) is 13.7 Å². The summed E-state index contributed by atoms with van der Waals surface area (Å²) in [7, 11) is 1.77. The smallest absolute Gasteiger partial charge is 0.0908 e. The number of ether oxygens (including phenoxy) is 2. The highest BCUT2D eigenvalue weighted by Gasteiger charge is 2.42. The number of hydrogen-bond donors (Lipinski definition) is 0. The van der Waals surface area contributed by atoms with Gasteiger partial charge in [0.25, 0.3) is 0 Å². The van der Waals surface area contributed by atoms with E-state index in [1.807, 2.05) is 0 Å². The molecule has 2 aliphatic carbocycles. The Morgan fingerprint density at radius 1 is 1.21 bits per heavy atom. The monoisotopic (exact) mass is 380 g/mol. The number of fused-ring (bicyclic) bond motifs is 1. The third-order valence-corrected chi connectivity index (χ3v) is 6.59. The lowest BCUT2D eigenvalue weighted by atomic mass is 9.64. The molecule has 0 radical (unpaired) electrons. The van der Waals surface area contributed by atoms with Gasteiger partial charge >= 0.3 is 0 Å². The van der Waals surface area contributed by atoms with Crippen molar-refractivity contribution in [2.45, 2.75) is 65.1 Å². The number of allylic oxidation sites excluding steroid dienone is 2. The van der Waals surface area contributed by atoms with Gasteiger partial charge in [0.1, 0.15) is 0 Å². The molecule has 1 aromatic carbocycles. The molecule has 0 heterocycles. The van der Waals surface area contributed by atoms with E-state index in [1.54, 1.807) is 18.3 Å². The number of rotatable bonds is 7. The largest absolute Gasteiger partial charge is 0.381 e. The summed E-state index contributed by atoms with van der Waals surface area (Å²) in [6.07, 6.45) is 8.22. The van der Waals surface area contributed by atoms with E-state index in [9.17, 15) is 0 Å². The molecule has 1 saturated carbocycles. The second-order valence-corrected chi connectivity index (χ2v) is 8.85. The summed E-state index contributed by atoms with van der Waals surface area (Å²) in [6.45, 7) is 12.2. The van der Waals surface area contributed by atoms with Gasteiger partial charge in [-0.05, 0) is 81.4 Å². The van der Waals surface area contributed by atoms with Gasteiger partial charge in [0, 0.05) is 7.11 Å². The maximum Gasteiger partial charge on any atom is 0.0908 e. The molecule has 1 fully saturated rings. The maximum absolute atomic E-state index is 6.60. The van der Waals surface area contributed by atoms with Crippen LogP contribution in [-0.2, 0) is 16.1 Å². The van der Waals surface area contributed by atoms with E-state index in [1.165, 1.54) is 36.0 Å². The fourth-order valence-electron chi connectivity index (χ4n) is 5.03. The molecule has 0 bridgehead atoms. The lowest BCUT2D eigenvalue weighted by molar-refractivity contribution is -0.0319. The van der Waals surface area contributed by atoms with Crippen LogP contribution < -0.4 is 0 Å². The zero-order chi connectivity index (χ0) is 20.1. The van der Waals surface area contributed by atoms with Crippen LogP contribution in [0.15, 0.2) is 65.3 Å². The molecule has 2 heteroatoms. The molecular weight excluding hydrogens is 344 g/mol. The lowest BCUT2D eigenvalue weighted by Gasteiger charge is -2.46. The Bertz CT molecular complexity index is 743. The van der Waals surface area contributed by atoms with E-state index >= 15 is 0 Å². The summed E-state index contributed by atoms with van der Waals surface area (Å²) in [4.78, 5) is 0. The van der Waals surface area contributed by atoms with Crippen molar-refractivity contribution in [3.05, 3.63) is 70.8 Å². The van der Waals surface area contributed by atoms with Crippen LogP contribution in [0.2, 0.25) is 0 Å². The van der Waals surface area contributed by atoms with Crippen molar-refractivity contribution in [3.63, 3.8) is 0 Å². The van der Waals surface area contributed by atoms with Gasteiger partial charge in [-0.1, -0.05) is 47.6 Å². The first-order chi connectivity index (χ1) is 13.4. The minimum Gasteiger partial charge on any atom is -0.381 e. The van der Waals surface area contributed by atoms with Gasteiger partial charge in [-0.15, -0.1) is 6.58 Å². The van der Waals surface area contributed by atoms with Gasteiger partial charge in [0.15, 0.2) is 0 Å². The predicted molar refractivity (Wildman–Crippen MR) is 117 cm³/mol. The van der Waals surface area contributed by atoms with Crippen LogP contribution in [0.1, 0.15) is 58.4 Å². The number of methoxy groups -OCH3 is 1. The third-order valence-electron chi connectivity index (χ3n) is 6.59. The Hall–Kier alpha value is -1.64. The molecule has 0 saturated heterocycles. The van der Waals surface area contributed by atoms with E-state index in [0.717, 1.165) is 12.8 Å². The Labute approximate surface area is 171 Å². The SMILES string of the molecule is C=C(C)C[C@H]1CC[C@H]2CC[C@](C)(OCc3ccccc3)/C(=C/COC)C2=C1C. The Kier molecular flexibility index (Phi) is 6.95. The van der Waals surface area contributed by atoms with Gasteiger partial charge in [-0.3, -0.25) is 0 Å². The van der Waals surface area contributed by atoms with E-state index < -0.39 is 0 Å². The normalized spacial score (nSPS) is 29.1. The highest BCUT2D eigenvalue weighted by atomic mass is 16.5. The van der Waals surface area contributed by atoms with Crippen LogP contribution in [-0.4, -0.2) is 19.3 Å². The molecule has 28 heavy (non-hydrogen) atoms. The van der Waals surface area contributed by atoms with E-state index in [-0.39, 0.29) is 5.60 Å². The Balaban J connectivity index is 1.92. The van der Waals surface area contributed by atoms with Gasteiger partial charge in [0.05, 0.1) is 18.8 Å². The van der Waals surface area contributed by atoms with Crippen molar-refractivity contribution in [2.24, 2.45) is 11.8 Å². The molecule has 1 aromatic rings. The number of benzene rings is 1. The molecule has 0 amide bonds. The second kappa shape index (κ2) is 9.24. The third kappa shape index (κ3) is 4.67. The molecule has 0 aliphatic heterocycles. The lowest BCUT2D eigenvalue weighted by Crippen LogP contribution is -2.40.